The molecule has 108 valence electrons. The largest absolute Gasteiger partial charge is 0.497 e. The molecule has 0 aliphatic carbocycles. The van der Waals surface area contributed by atoms with E-state index in [0.717, 1.165) is 5.56 Å². The van der Waals surface area contributed by atoms with Crippen molar-refractivity contribution in [3.63, 3.8) is 0 Å². The molecule has 2 aromatic rings. The Bertz CT molecular complexity index is 579. The number of nitrogens with two attached hydrogens (primary N) is 1. The highest BCUT2D eigenvalue weighted by molar-refractivity contribution is 7.07. The van der Waals surface area contributed by atoms with Gasteiger partial charge in [0.2, 0.25) is 0 Å². The summed E-state index contributed by atoms with van der Waals surface area (Å²) in [5, 5.41) is -0.200. The van der Waals surface area contributed by atoms with E-state index >= 15 is 0 Å². The lowest BCUT2D eigenvalue weighted by atomic mass is 10.2. The van der Waals surface area contributed by atoms with Crippen LogP contribution < -0.4 is 15.2 Å². The first-order valence-electron chi connectivity index (χ1n) is 5.39. The van der Waals surface area contributed by atoms with Gasteiger partial charge in [-0.05, 0) is 17.7 Å². The number of aromatic nitrogens is 2. The molecular weight excluding hydrogens is 295 g/mol. The Morgan fingerprint density at radius 3 is 2.50 bits per heavy atom. The summed E-state index contributed by atoms with van der Waals surface area (Å²) in [7, 11) is 1.46. The van der Waals surface area contributed by atoms with Crippen molar-refractivity contribution in [2.75, 3.05) is 7.11 Å². The average molecular weight is 305 g/mol. The summed E-state index contributed by atoms with van der Waals surface area (Å²) < 4.78 is 50.6. The van der Waals surface area contributed by atoms with Gasteiger partial charge in [-0.3, -0.25) is 0 Å². The zero-order valence-corrected chi connectivity index (χ0v) is 11.1. The first kappa shape index (κ1) is 14.5. The van der Waals surface area contributed by atoms with E-state index in [1.807, 2.05) is 0 Å². The van der Waals surface area contributed by atoms with Gasteiger partial charge in [-0.2, -0.15) is 22.5 Å². The summed E-state index contributed by atoms with van der Waals surface area (Å²) >= 11 is 0.523. The second-order valence-electron chi connectivity index (χ2n) is 3.70. The molecule has 0 aliphatic heterocycles. The molecule has 0 saturated carbocycles. The first-order chi connectivity index (χ1) is 9.42. The number of ether oxygens (including phenoxy) is 2. The third kappa shape index (κ3) is 3.36. The highest BCUT2D eigenvalue weighted by atomic mass is 32.1. The third-order valence-corrected chi connectivity index (χ3v) is 2.87. The molecule has 0 spiro atoms. The van der Waals surface area contributed by atoms with Crippen LogP contribution in [0, 0.1) is 0 Å². The molecular formula is C11H10F3N3O2S. The van der Waals surface area contributed by atoms with Crippen LogP contribution in [-0.2, 0) is 12.7 Å². The van der Waals surface area contributed by atoms with Gasteiger partial charge in [-0.1, -0.05) is 0 Å². The van der Waals surface area contributed by atoms with Crippen LogP contribution in [0.5, 0.6) is 16.7 Å². The Balaban J connectivity index is 2.23. The standard InChI is InChI=1S/C11H10F3N3O2S/c1-18-7-2-6(5-15)3-8(4-7)19-10-16-9(17-20-10)11(12,13)14/h2-4H,5,15H2,1H3. The predicted octanol–water partition coefficient (Wildman–Crippen LogP) is 2.82. The molecule has 0 atom stereocenters. The van der Waals surface area contributed by atoms with Crippen molar-refractivity contribution in [2.45, 2.75) is 12.7 Å². The van der Waals surface area contributed by atoms with Crippen molar-refractivity contribution in [3.8, 4) is 16.7 Å². The van der Waals surface area contributed by atoms with E-state index in [4.69, 9.17) is 15.2 Å². The molecule has 0 bridgehead atoms. The Hall–Kier alpha value is -1.87. The van der Waals surface area contributed by atoms with Gasteiger partial charge in [-0.25, -0.2) is 0 Å². The van der Waals surface area contributed by atoms with Gasteiger partial charge in [0.1, 0.15) is 11.5 Å². The van der Waals surface area contributed by atoms with Gasteiger partial charge in [0, 0.05) is 24.1 Å². The summed E-state index contributed by atoms with van der Waals surface area (Å²) in [6, 6.07) is 4.82. The zero-order valence-electron chi connectivity index (χ0n) is 10.3. The number of hydrogen-bond donors (Lipinski definition) is 1. The summed E-state index contributed by atoms with van der Waals surface area (Å²) in [5.74, 6) is -0.447. The second-order valence-corrected chi connectivity index (χ2v) is 4.42. The van der Waals surface area contributed by atoms with E-state index in [1.54, 1.807) is 12.1 Å². The number of hydrogen-bond acceptors (Lipinski definition) is 6. The lowest BCUT2D eigenvalue weighted by molar-refractivity contribution is -0.144. The monoisotopic (exact) mass is 305 g/mol. The molecule has 0 saturated heterocycles. The normalized spacial score (nSPS) is 11.4. The fourth-order valence-electron chi connectivity index (χ4n) is 1.39. The summed E-state index contributed by atoms with van der Waals surface area (Å²) in [5.41, 5.74) is 6.23. The minimum atomic E-state index is -4.59. The predicted molar refractivity (Wildman–Crippen MR) is 65.9 cm³/mol. The Morgan fingerprint density at radius 1 is 1.25 bits per heavy atom. The molecule has 1 heterocycles. The molecule has 0 fully saturated rings. The summed E-state index contributed by atoms with van der Waals surface area (Å²) in [4.78, 5) is 3.28. The Morgan fingerprint density at radius 2 is 1.95 bits per heavy atom. The van der Waals surface area contributed by atoms with Gasteiger partial charge < -0.3 is 15.2 Å². The highest BCUT2D eigenvalue weighted by Crippen LogP contribution is 2.32. The molecule has 20 heavy (non-hydrogen) atoms. The van der Waals surface area contributed by atoms with Crippen molar-refractivity contribution >= 4 is 11.5 Å². The molecule has 9 heteroatoms. The van der Waals surface area contributed by atoms with Gasteiger partial charge >= 0.3 is 6.18 Å². The number of nitrogens with zero attached hydrogens (tertiary/aromatic N) is 2. The van der Waals surface area contributed by atoms with E-state index in [0.29, 0.717) is 17.3 Å². The van der Waals surface area contributed by atoms with E-state index in [2.05, 4.69) is 9.36 Å². The van der Waals surface area contributed by atoms with Crippen LogP contribution in [0.2, 0.25) is 0 Å². The van der Waals surface area contributed by atoms with Crippen molar-refractivity contribution < 1.29 is 22.6 Å². The number of halogens is 3. The van der Waals surface area contributed by atoms with Crippen LogP contribution in [0.1, 0.15) is 11.4 Å². The van der Waals surface area contributed by atoms with Gasteiger partial charge in [0.25, 0.3) is 11.0 Å². The SMILES string of the molecule is COc1cc(CN)cc(Oc2nc(C(F)(F)F)ns2)c1. The fraction of sp³-hybridized carbons (Fsp3) is 0.273. The highest BCUT2D eigenvalue weighted by Gasteiger charge is 2.36. The molecule has 0 aliphatic rings. The minimum absolute atomic E-state index is 0.200. The van der Waals surface area contributed by atoms with Gasteiger partial charge in [-0.15, -0.1) is 0 Å². The van der Waals surface area contributed by atoms with E-state index < -0.39 is 12.0 Å². The smallest absolute Gasteiger partial charge is 0.452 e. The number of benzene rings is 1. The lowest BCUT2D eigenvalue weighted by Gasteiger charge is -2.07. The molecule has 1 aromatic carbocycles. The number of methoxy groups -OCH3 is 1. The second kappa shape index (κ2) is 5.63. The van der Waals surface area contributed by atoms with Crippen molar-refractivity contribution in [1.29, 1.82) is 0 Å². The molecule has 2 N–H and O–H groups in total. The van der Waals surface area contributed by atoms with Crippen molar-refractivity contribution in [3.05, 3.63) is 29.6 Å². The topological polar surface area (TPSA) is 70.3 Å². The molecule has 2 rings (SSSR count). The minimum Gasteiger partial charge on any atom is -0.497 e. The molecule has 1 aromatic heterocycles. The number of rotatable bonds is 4. The van der Waals surface area contributed by atoms with E-state index in [9.17, 15) is 13.2 Å². The van der Waals surface area contributed by atoms with Crippen LogP contribution in [-0.4, -0.2) is 16.5 Å². The fourth-order valence-corrected chi connectivity index (χ4v) is 1.96. The molecule has 0 amide bonds. The zero-order chi connectivity index (χ0) is 14.8. The van der Waals surface area contributed by atoms with Gasteiger partial charge in [0.15, 0.2) is 0 Å². The van der Waals surface area contributed by atoms with Crippen molar-refractivity contribution in [2.24, 2.45) is 5.73 Å². The average Bonchev–Trinajstić information content (AvgIpc) is 2.86. The molecule has 5 nitrogen and oxygen atoms in total. The number of alkyl halides is 3. The van der Waals surface area contributed by atoms with Crippen LogP contribution >= 0.6 is 11.5 Å². The van der Waals surface area contributed by atoms with Crippen LogP contribution in [0.15, 0.2) is 18.2 Å². The third-order valence-electron chi connectivity index (χ3n) is 2.28. The maximum Gasteiger partial charge on any atom is 0.452 e. The van der Waals surface area contributed by atoms with E-state index in [1.165, 1.54) is 13.2 Å². The van der Waals surface area contributed by atoms with Crippen LogP contribution in [0.4, 0.5) is 13.2 Å². The summed E-state index contributed by atoms with van der Waals surface area (Å²) in [6.07, 6.45) is -4.59. The summed E-state index contributed by atoms with van der Waals surface area (Å²) in [6.45, 7) is 0.248. The van der Waals surface area contributed by atoms with Crippen molar-refractivity contribution in [1.82, 2.24) is 9.36 Å². The van der Waals surface area contributed by atoms with Crippen LogP contribution in [0.3, 0.4) is 0 Å². The van der Waals surface area contributed by atoms with Gasteiger partial charge in [0.05, 0.1) is 7.11 Å². The quantitative estimate of drug-likeness (QED) is 0.940. The Labute approximate surface area is 116 Å². The maximum absolute atomic E-state index is 12.4. The van der Waals surface area contributed by atoms with E-state index in [-0.39, 0.29) is 17.5 Å². The maximum atomic E-state index is 12.4. The Kier molecular flexibility index (Phi) is 4.09. The van der Waals surface area contributed by atoms with Crippen LogP contribution in [0.25, 0.3) is 0 Å². The lowest BCUT2D eigenvalue weighted by Crippen LogP contribution is -2.06. The first-order valence-corrected chi connectivity index (χ1v) is 6.16. The molecule has 0 radical (unpaired) electrons. The molecule has 0 unspecified atom stereocenters.